The van der Waals surface area contributed by atoms with E-state index in [0.29, 0.717) is 12.3 Å². The van der Waals surface area contributed by atoms with Gasteiger partial charge in [-0.15, -0.1) is 0 Å². The smallest absolute Gasteiger partial charge is 0.212 e. The van der Waals surface area contributed by atoms with Crippen LogP contribution in [-0.4, -0.2) is 32.1 Å². The Balaban J connectivity index is 2.79. The molecule has 1 aliphatic heterocycles. The lowest BCUT2D eigenvalue weighted by Crippen LogP contribution is -2.43. The van der Waals surface area contributed by atoms with E-state index in [0.717, 1.165) is 6.42 Å². The number of hydrogen-bond donors (Lipinski definition) is 0. The molecule has 0 amide bonds. The number of nitrogens with zero attached hydrogens (tertiary/aromatic N) is 1. The molecule has 0 aromatic heterocycles. The van der Waals surface area contributed by atoms with E-state index in [1.807, 2.05) is 0 Å². The Morgan fingerprint density at radius 2 is 1.91 bits per heavy atom. The molecule has 0 spiro atoms. The second-order valence-electron chi connectivity index (χ2n) is 3.99. The highest BCUT2D eigenvalue weighted by atomic mass is 32.2. The van der Waals surface area contributed by atoms with E-state index >= 15 is 0 Å². The van der Waals surface area contributed by atoms with Gasteiger partial charge in [-0.05, 0) is 11.8 Å². The molecule has 3 nitrogen and oxygen atoms in total. The molecule has 1 fully saturated rings. The molecule has 1 saturated heterocycles. The van der Waals surface area contributed by atoms with Crippen molar-refractivity contribution in [1.82, 2.24) is 4.31 Å². The van der Waals surface area contributed by atoms with E-state index in [1.54, 1.807) is 7.05 Å². The molecule has 0 radical (unpaired) electrons. The molecule has 0 saturated carbocycles. The highest BCUT2D eigenvalue weighted by molar-refractivity contribution is 7.89. The Hall–Kier alpha value is -0.0900. The standard InChI is InChI=1S/C7H15NO2S/c1-7(2)4-5-11(9,10)8(3)6-7/h4-6H2,1-3H3. The number of hydrogen-bond acceptors (Lipinski definition) is 2. The monoisotopic (exact) mass is 177 g/mol. The largest absolute Gasteiger partial charge is 0.213 e. The fraction of sp³-hybridized carbons (Fsp3) is 1.00. The summed E-state index contributed by atoms with van der Waals surface area (Å²) in [6.45, 7) is 4.84. The van der Waals surface area contributed by atoms with Crippen LogP contribution in [0.3, 0.4) is 0 Å². The summed E-state index contributed by atoms with van der Waals surface area (Å²) in [6.07, 6.45) is 0.777. The molecular formula is C7H15NO2S. The summed E-state index contributed by atoms with van der Waals surface area (Å²) in [5.41, 5.74) is 0.153. The van der Waals surface area contributed by atoms with Gasteiger partial charge in [-0.1, -0.05) is 13.8 Å². The van der Waals surface area contributed by atoms with Crippen LogP contribution in [-0.2, 0) is 10.0 Å². The second kappa shape index (κ2) is 2.45. The average molecular weight is 177 g/mol. The topological polar surface area (TPSA) is 37.4 Å². The van der Waals surface area contributed by atoms with Crippen molar-refractivity contribution in [3.63, 3.8) is 0 Å². The van der Waals surface area contributed by atoms with Gasteiger partial charge >= 0.3 is 0 Å². The molecule has 0 aromatic carbocycles. The second-order valence-corrected chi connectivity index (χ2v) is 6.18. The number of sulfonamides is 1. The van der Waals surface area contributed by atoms with E-state index in [-0.39, 0.29) is 5.41 Å². The third-order valence-corrected chi connectivity index (χ3v) is 3.96. The highest BCUT2D eigenvalue weighted by Crippen LogP contribution is 2.28. The van der Waals surface area contributed by atoms with Crippen molar-refractivity contribution in [2.45, 2.75) is 20.3 Å². The van der Waals surface area contributed by atoms with Gasteiger partial charge in [-0.3, -0.25) is 0 Å². The van der Waals surface area contributed by atoms with Crippen LogP contribution in [0.5, 0.6) is 0 Å². The normalized spacial score (nSPS) is 30.1. The van der Waals surface area contributed by atoms with Crippen LogP contribution in [0.1, 0.15) is 20.3 Å². The van der Waals surface area contributed by atoms with Crippen molar-refractivity contribution >= 4 is 10.0 Å². The molecule has 0 aromatic rings. The molecule has 66 valence electrons. The number of rotatable bonds is 0. The van der Waals surface area contributed by atoms with Crippen LogP contribution in [0.2, 0.25) is 0 Å². The molecule has 1 rings (SSSR count). The summed E-state index contributed by atoms with van der Waals surface area (Å²) < 4.78 is 23.8. The van der Waals surface area contributed by atoms with Crippen molar-refractivity contribution in [2.75, 3.05) is 19.3 Å². The van der Waals surface area contributed by atoms with Crippen molar-refractivity contribution in [1.29, 1.82) is 0 Å². The van der Waals surface area contributed by atoms with Crippen molar-refractivity contribution < 1.29 is 8.42 Å². The maximum Gasteiger partial charge on any atom is 0.213 e. The van der Waals surface area contributed by atoms with Gasteiger partial charge in [0.15, 0.2) is 0 Å². The van der Waals surface area contributed by atoms with Gasteiger partial charge < -0.3 is 0 Å². The first-order valence-corrected chi connectivity index (χ1v) is 5.38. The SMILES string of the molecule is CN1CC(C)(C)CCS1(=O)=O. The highest BCUT2D eigenvalue weighted by Gasteiger charge is 2.33. The van der Waals surface area contributed by atoms with Gasteiger partial charge in [0.2, 0.25) is 10.0 Å². The van der Waals surface area contributed by atoms with Crippen LogP contribution in [0.25, 0.3) is 0 Å². The summed E-state index contributed by atoms with van der Waals surface area (Å²) in [6, 6.07) is 0. The van der Waals surface area contributed by atoms with Gasteiger partial charge in [0.05, 0.1) is 5.75 Å². The van der Waals surface area contributed by atoms with Crippen LogP contribution in [0, 0.1) is 5.41 Å². The molecule has 1 heterocycles. The minimum Gasteiger partial charge on any atom is -0.212 e. The summed E-state index contributed by atoms with van der Waals surface area (Å²) in [4.78, 5) is 0. The predicted octanol–water partition coefficient (Wildman–Crippen LogP) is 0.678. The third kappa shape index (κ3) is 1.93. The first-order chi connectivity index (χ1) is 4.83. The summed E-state index contributed by atoms with van der Waals surface area (Å²) in [5, 5.41) is 0. The molecular weight excluding hydrogens is 162 g/mol. The molecule has 4 heteroatoms. The van der Waals surface area contributed by atoms with Crippen molar-refractivity contribution in [3.05, 3.63) is 0 Å². The Morgan fingerprint density at radius 3 is 2.27 bits per heavy atom. The van der Waals surface area contributed by atoms with Crippen LogP contribution < -0.4 is 0 Å². The maximum atomic E-state index is 11.2. The van der Waals surface area contributed by atoms with E-state index in [1.165, 1.54) is 4.31 Å². The van der Waals surface area contributed by atoms with Gasteiger partial charge in [-0.2, -0.15) is 0 Å². The zero-order valence-corrected chi connectivity index (χ0v) is 8.11. The van der Waals surface area contributed by atoms with E-state index in [4.69, 9.17) is 0 Å². The van der Waals surface area contributed by atoms with Crippen LogP contribution in [0.15, 0.2) is 0 Å². The Morgan fingerprint density at radius 1 is 1.36 bits per heavy atom. The summed E-state index contributed by atoms with van der Waals surface area (Å²) >= 11 is 0. The summed E-state index contributed by atoms with van der Waals surface area (Å²) in [5.74, 6) is 0.302. The van der Waals surface area contributed by atoms with Crippen molar-refractivity contribution in [3.8, 4) is 0 Å². The minimum atomic E-state index is -2.90. The molecule has 0 N–H and O–H groups in total. The zero-order valence-electron chi connectivity index (χ0n) is 7.29. The third-order valence-electron chi connectivity index (χ3n) is 2.16. The van der Waals surface area contributed by atoms with E-state index in [2.05, 4.69) is 13.8 Å². The Labute approximate surface area is 68.4 Å². The van der Waals surface area contributed by atoms with Crippen LogP contribution in [0.4, 0.5) is 0 Å². The lowest BCUT2D eigenvalue weighted by molar-refractivity contribution is 0.252. The van der Waals surface area contributed by atoms with Crippen molar-refractivity contribution in [2.24, 2.45) is 5.41 Å². The fourth-order valence-electron chi connectivity index (χ4n) is 1.34. The molecule has 1 aliphatic rings. The molecule has 11 heavy (non-hydrogen) atoms. The lowest BCUT2D eigenvalue weighted by Gasteiger charge is -2.35. The van der Waals surface area contributed by atoms with Gasteiger partial charge in [0.1, 0.15) is 0 Å². The first kappa shape index (κ1) is 9.00. The van der Waals surface area contributed by atoms with Gasteiger partial charge in [-0.25, -0.2) is 12.7 Å². The van der Waals surface area contributed by atoms with E-state index in [9.17, 15) is 8.42 Å². The van der Waals surface area contributed by atoms with Gasteiger partial charge in [0, 0.05) is 13.6 Å². The van der Waals surface area contributed by atoms with E-state index < -0.39 is 10.0 Å². The minimum absolute atomic E-state index is 0.153. The molecule has 0 atom stereocenters. The average Bonchev–Trinajstić information content (AvgIpc) is 1.81. The molecule has 0 unspecified atom stereocenters. The first-order valence-electron chi connectivity index (χ1n) is 3.78. The molecule has 0 bridgehead atoms. The summed E-state index contributed by atoms with van der Waals surface area (Å²) in [7, 11) is -1.25. The maximum absolute atomic E-state index is 11.2. The lowest BCUT2D eigenvalue weighted by atomic mass is 9.90. The fourth-order valence-corrected chi connectivity index (χ4v) is 3.01. The Kier molecular flexibility index (Phi) is 2.01. The zero-order chi connectivity index (χ0) is 8.70. The Bertz CT molecular complexity index is 243. The predicted molar refractivity (Wildman–Crippen MR) is 44.8 cm³/mol. The van der Waals surface area contributed by atoms with Crippen LogP contribution >= 0.6 is 0 Å². The molecule has 0 aliphatic carbocycles. The quantitative estimate of drug-likeness (QED) is 0.545. The van der Waals surface area contributed by atoms with Gasteiger partial charge in [0.25, 0.3) is 0 Å².